The Labute approximate surface area is 120 Å². The molecule has 1 atom stereocenters. The second-order valence-electron chi connectivity index (χ2n) is 5.51. The van der Waals surface area contributed by atoms with Crippen LogP contribution in [0.2, 0.25) is 0 Å². The van der Waals surface area contributed by atoms with Crippen molar-refractivity contribution in [1.29, 1.82) is 0 Å². The molecular weight excluding hydrogens is 252 g/mol. The molecule has 1 N–H and O–H groups in total. The van der Waals surface area contributed by atoms with Crippen molar-refractivity contribution in [3.63, 3.8) is 0 Å². The van der Waals surface area contributed by atoms with Gasteiger partial charge in [0.15, 0.2) is 0 Å². The summed E-state index contributed by atoms with van der Waals surface area (Å²) >= 11 is 0. The topological polar surface area (TPSA) is 49.4 Å². The number of carbonyl (C=O) groups excluding carboxylic acids is 2. The van der Waals surface area contributed by atoms with Crippen LogP contribution in [-0.4, -0.2) is 29.3 Å². The molecule has 1 aromatic rings. The van der Waals surface area contributed by atoms with Crippen LogP contribution in [-0.2, 0) is 16.1 Å². The van der Waals surface area contributed by atoms with Crippen LogP contribution < -0.4 is 5.32 Å². The lowest BCUT2D eigenvalue weighted by Gasteiger charge is -2.13. The largest absolute Gasteiger partial charge is 0.301 e. The number of carbonyl (C=O) groups is 2. The number of benzene rings is 1. The van der Waals surface area contributed by atoms with E-state index in [4.69, 9.17) is 0 Å². The average Bonchev–Trinajstić information content (AvgIpc) is 2.71. The summed E-state index contributed by atoms with van der Waals surface area (Å²) in [7, 11) is 0. The maximum Gasteiger partial charge on any atom is 0.246 e. The maximum absolute atomic E-state index is 12.0. The fraction of sp³-hybridized carbons (Fsp3) is 0.500. The van der Waals surface area contributed by atoms with Crippen LogP contribution in [0, 0.1) is 0 Å². The zero-order valence-electron chi connectivity index (χ0n) is 12.3. The molecule has 2 rings (SSSR count). The van der Waals surface area contributed by atoms with Gasteiger partial charge < -0.3 is 5.32 Å². The van der Waals surface area contributed by atoms with Gasteiger partial charge in [-0.05, 0) is 24.0 Å². The highest BCUT2D eigenvalue weighted by Gasteiger charge is 2.36. The van der Waals surface area contributed by atoms with E-state index in [1.165, 1.54) is 10.5 Å². The van der Waals surface area contributed by atoms with E-state index in [0.29, 0.717) is 19.0 Å². The lowest BCUT2D eigenvalue weighted by Crippen LogP contribution is -2.38. The first-order valence-corrected chi connectivity index (χ1v) is 7.19. The third kappa shape index (κ3) is 3.07. The molecular formula is C16H22N2O2. The number of hydrogen-bond donors (Lipinski definition) is 1. The number of hydrogen-bond acceptors (Lipinski definition) is 3. The molecule has 0 aromatic heterocycles. The van der Waals surface area contributed by atoms with Crippen molar-refractivity contribution in [3.8, 4) is 0 Å². The van der Waals surface area contributed by atoms with E-state index in [1.807, 2.05) is 6.92 Å². The van der Waals surface area contributed by atoms with Gasteiger partial charge in [-0.2, -0.15) is 0 Å². The lowest BCUT2D eigenvalue weighted by atomic mass is 10.0. The molecule has 1 aromatic carbocycles. The Kier molecular flexibility index (Phi) is 4.55. The van der Waals surface area contributed by atoms with E-state index in [2.05, 4.69) is 43.4 Å². The number of nitrogens with zero attached hydrogens (tertiary/aromatic N) is 1. The molecule has 0 saturated carbocycles. The van der Waals surface area contributed by atoms with Crippen molar-refractivity contribution in [2.45, 2.75) is 45.7 Å². The van der Waals surface area contributed by atoms with Crippen LogP contribution in [0.15, 0.2) is 24.3 Å². The summed E-state index contributed by atoms with van der Waals surface area (Å²) in [6, 6.07) is 8.00. The van der Waals surface area contributed by atoms with E-state index in [9.17, 15) is 9.59 Å². The van der Waals surface area contributed by atoms with Crippen molar-refractivity contribution >= 4 is 11.8 Å². The Bertz CT molecular complexity index is 494. The van der Waals surface area contributed by atoms with Gasteiger partial charge in [-0.1, -0.05) is 38.1 Å². The molecule has 0 aliphatic carbocycles. The predicted octanol–water partition coefficient (Wildman–Crippen LogP) is 2.05. The number of imide groups is 1. The van der Waals surface area contributed by atoms with Crippen LogP contribution in [0.5, 0.6) is 0 Å². The summed E-state index contributed by atoms with van der Waals surface area (Å²) in [6.45, 7) is 7.21. The van der Waals surface area contributed by atoms with Gasteiger partial charge in [0.1, 0.15) is 0 Å². The highest BCUT2D eigenvalue weighted by atomic mass is 16.2. The Balaban J connectivity index is 1.93. The van der Waals surface area contributed by atoms with Crippen LogP contribution in [0.25, 0.3) is 0 Å². The van der Waals surface area contributed by atoms with E-state index < -0.39 is 0 Å². The Morgan fingerprint density at radius 3 is 2.40 bits per heavy atom. The highest BCUT2D eigenvalue weighted by molar-refractivity contribution is 6.05. The van der Waals surface area contributed by atoms with Gasteiger partial charge in [0.05, 0.1) is 12.5 Å². The van der Waals surface area contributed by atoms with Crippen LogP contribution in [0.1, 0.15) is 44.2 Å². The lowest BCUT2D eigenvalue weighted by molar-refractivity contribution is -0.138. The summed E-state index contributed by atoms with van der Waals surface area (Å²) in [5.41, 5.74) is 2.43. The maximum atomic E-state index is 12.0. The summed E-state index contributed by atoms with van der Waals surface area (Å²) in [4.78, 5) is 24.9. The van der Waals surface area contributed by atoms with Gasteiger partial charge in [0, 0.05) is 13.1 Å². The Hall–Kier alpha value is -1.68. The van der Waals surface area contributed by atoms with Crippen LogP contribution in [0.4, 0.5) is 0 Å². The number of amides is 2. The minimum Gasteiger partial charge on any atom is -0.301 e. The van der Waals surface area contributed by atoms with E-state index in [-0.39, 0.29) is 24.3 Å². The molecule has 0 spiro atoms. The molecule has 4 heteroatoms. The molecule has 4 nitrogen and oxygen atoms in total. The normalized spacial score (nSPS) is 19.2. The van der Waals surface area contributed by atoms with Gasteiger partial charge in [-0.25, -0.2) is 0 Å². The summed E-state index contributed by atoms with van der Waals surface area (Å²) in [6.07, 6.45) is 0.275. The summed E-state index contributed by atoms with van der Waals surface area (Å²) in [5.74, 6) is 0.339. The van der Waals surface area contributed by atoms with Crippen molar-refractivity contribution in [1.82, 2.24) is 10.2 Å². The van der Waals surface area contributed by atoms with Crippen molar-refractivity contribution in [2.24, 2.45) is 0 Å². The van der Waals surface area contributed by atoms with Gasteiger partial charge in [0.25, 0.3) is 0 Å². The fourth-order valence-electron chi connectivity index (χ4n) is 2.44. The summed E-state index contributed by atoms with van der Waals surface area (Å²) < 4.78 is 0. The van der Waals surface area contributed by atoms with Crippen molar-refractivity contribution < 1.29 is 9.59 Å². The third-order valence-corrected chi connectivity index (χ3v) is 3.76. The highest BCUT2D eigenvalue weighted by Crippen LogP contribution is 2.16. The molecule has 1 aliphatic heterocycles. The zero-order chi connectivity index (χ0) is 14.7. The van der Waals surface area contributed by atoms with E-state index in [1.54, 1.807) is 0 Å². The first kappa shape index (κ1) is 14.7. The van der Waals surface area contributed by atoms with Gasteiger partial charge in [-0.3, -0.25) is 14.5 Å². The Morgan fingerprint density at radius 2 is 1.90 bits per heavy atom. The minimum absolute atomic E-state index is 0.0786. The summed E-state index contributed by atoms with van der Waals surface area (Å²) in [5, 5.41) is 3.18. The SMILES string of the molecule is CCN1C(=O)CC(NCc2ccc(C(C)C)cc2)C1=O. The predicted molar refractivity (Wildman–Crippen MR) is 78.2 cm³/mol. The molecule has 1 fully saturated rings. The van der Waals surface area contributed by atoms with Crippen molar-refractivity contribution in [2.75, 3.05) is 6.54 Å². The van der Waals surface area contributed by atoms with Crippen LogP contribution >= 0.6 is 0 Å². The monoisotopic (exact) mass is 274 g/mol. The van der Waals surface area contributed by atoms with Gasteiger partial charge >= 0.3 is 0 Å². The number of rotatable bonds is 5. The first-order chi connectivity index (χ1) is 9.52. The average molecular weight is 274 g/mol. The fourth-order valence-corrected chi connectivity index (χ4v) is 2.44. The molecule has 20 heavy (non-hydrogen) atoms. The van der Waals surface area contributed by atoms with Gasteiger partial charge in [-0.15, -0.1) is 0 Å². The number of nitrogens with one attached hydrogen (secondary N) is 1. The quantitative estimate of drug-likeness (QED) is 0.836. The Morgan fingerprint density at radius 1 is 1.25 bits per heavy atom. The van der Waals surface area contributed by atoms with Gasteiger partial charge in [0.2, 0.25) is 11.8 Å². The number of likely N-dealkylation sites (tertiary alicyclic amines) is 1. The molecule has 0 radical (unpaired) electrons. The number of likely N-dealkylation sites (N-methyl/N-ethyl adjacent to an activating group) is 1. The smallest absolute Gasteiger partial charge is 0.246 e. The molecule has 1 saturated heterocycles. The van der Waals surface area contributed by atoms with E-state index in [0.717, 1.165) is 5.56 Å². The molecule has 2 amide bonds. The second kappa shape index (κ2) is 6.18. The molecule has 108 valence electrons. The molecule has 1 heterocycles. The van der Waals surface area contributed by atoms with Crippen LogP contribution in [0.3, 0.4) is 0 Å². The zero-order valence-corrected chi connectivity index (χ0v) is 12.3. The first-order valence-electron chi connectivity index (χ1n) is 7.19. The standard InChI is InChI=1S/C16H22N2O2/c1-4-18-15(19)9-14(16(18)20)17-10-12-5-7-13(8-6-12)11(2)3/h5-8,11,14,17H,4,9-10H2,1-3H3. The minimum atomic E-state index is -0.368. The third-order valence-electron chi connectivity index (χ3n) is 3.76. The van der Waals surface area contributed by atoms with Crippen molar-refractivity contribution in [3.05, 3.63) is 35.4 Å². The molecule has 0 bridgehead atoms. The second-order valence-corrected chi connectivity index (χ2v) is 5.51. The molecule has 1 unspecified atom stereocenters. The molecule has 1 aliphatic rings. The van der Waals surface area contributed by atoms with E-state index >= 15 is 0 Å².